The van der Waals surface area contributed by atoms with Gasteiger partial charge in [-0.05, 0) is 77.0 Å². The van der Waals surface area contributed by atoms with Crippen molar-refractivity contribution in [1.29, 1.82) is 0 Å². The topological polar surface area (TPSA) is 95.9 Å². The highest BCUT2D eigenvalue weighted by Crippen LogP contribution is 2.18. The number of carbonyl (C=O) groups is 2. The average molecular weight is 1040 g/mol. The molecule has 0 saturated carbocycles. The van der Waals surface area contributed by atoms with Crippen LogP contribution in [0, 0.1) is 0 Å². The average Bonchev–Trinajstić information content (AvgIpc) is 3.40. The number of unbranched alkanes of at least 4 members (excludes halogenated alkanes) is 48. The summed E-state index contributed by atoms with van der Waals surface area (Å²) in [6.45, 7) is 4.95. The van der Waals surface area contributed by atoms with Crippen molar-refractivity contribution in [2.75, 3.05) is 13.2 Å². The molecule has 438 valence electrons. The number of nitrogens with one attached hydrogen (secondary N) is 1. The van der Waals surface area contributed by atoms with E-state index in [1.165, 1.54) is 295 Å². The van der Waals surface area contributed by atoms with Gasteiger partial charge in [-0.2, -0.15) is 0 Å². The monoisotopic (exact) mass is 1040 g/mol. The molecule has 3 N–H and O–H groups in total. The van der Waals surface area contributed by atoms with E-state index < -0.39 is 12.1 Å². The molecule has 1 amide bonds. The maximum atomic E-state index is 12.4. The first-order valence-electron chi connectivity index (χ1n) is 33.6. The number of hydrogen-bond acceptors (Lipinski definition) is 5. The third-order valence-corrected chi connectivity index (χ3v) is 15.7. The molecule has 6 heteroatoms. The van der Waals surface area contributed by atoms with Crippen LogP contribution < -0.4 is 5.32 Å². The second-order valence-corrected chi connectivity index (χ2v) is 23.1. The summed E-state index contributed by atoms with van der Waals surface area (Å²) in [5.41, 5.74) is 0. The minimum atomic E-state index is -0.659. The largest absolute Gasteiger partial charge is 0.466 e. The number of esters is 1. The fourth-order valence-electron chi connectivity index (χ4n) is 10.6. The quantitative estimate of drug-likeness (QED) is 0.0320. The first kappa shape index (κ1) is 72.3. The molecule has 0 rings (SSSR count). The number of aliphatic hydroxyl groups is 2. The second kappa shape index (κ2) is 63.9. The molecular formula is C68H131NO5. The molecule has 74 heavy (non-hydrogen) atoms. The van der Waals surface area contributed by atoms with Crippen LogP contribution >= 0.6 is 0 Å². The van der Waals surface area contributed by atoms with Crippen LogP contribution in [0.2, 0.25) is 0 Å². The number of carbonyl (C=O) groups excluding carboxylic acids is 2. The van der Waals surface area contributed by atoms with Crippen LogP contribution in [0.4, 0.5) is 0 Å². The predicted octanol–water partition coefficient (Wildman–Crippen LogP) is 21.4. The minimum absolute atomic E-state index is 0.0111. The van der Waals surface area contributed by atoms with E-state index in [2.05, 4.69) is 43.5 Å². The summed E-state index contributed by atoms with van der Waals surface area (Å²) in [4.78, 5) is 24.5. The molecule has 0 aliphatic heterocycles. The molecule has 0 heterocycles. The standard InChI is InChI=1S/C68H131NO5/c1-3-5-7-9-11-13-14-15-35-39-42-46-50-54-58-62-68(73)74-63-59-55-51-47-43-40-37-34-32-30-28-26-24-22-20-18-16-17-19-21-23-25-27-29-31-33-36-38-41-45-49-53-57-61-67(72)69-65(64-70)66(71)60-56-52-48-44-12-10-8-6-4-2/h15,20,22,35,65-66,70-71H,3-14,16-19,21,23-34,36-64H2,1-2H3,(H,69,72)/b22-20-,35-15-. The normalized spacial score (nSPS) is 12.6. The van der Waals surface area contributed by atoms with Gasteiger partial charge in [-0.15, -0.1) is 0 Å². The third kappa shape index (κ3) is 59.6. The van der Waals surface area contributed by atoms with E-state index in [0.717, 1.165) is 44.9 Å². The number of allylic oxidation sites excluding steroid dienone is 4. The summed E-state index contributed by atoms with van der Waals surface area (Å²) in [5, 5.41) is 23.1. The number of hydrogen-bond donors (Lipinski definition) is 3. The lowest BCUT2D eigenvalue weighted by Gasteiger charge is -2.22. The summed E-state index contributed by atoms with van der Waals surface area (Å²) < 4.78 is 5.49. The minimum Gasteiger partial charge on any atom is -0.466 e. The third-order valence-electron chi connectivity index (χ3n) is 15.7. The fourth-order valence-corrected chi connectivity index (χ4v) is 10.6. The first-order chi connectivity index (χ1) is 36.5. The van der Waals surface area contributed by atoms with Gasteiger partial charge >= 0.3 is 5.97 Å². The van der Waals surface area contributed by atoms with Crippen molar-refractivity contribution in [2.45, 2.75) is 386 Å². The molecule has 0 spiro atoms. The molecule has 0 aromatic rings. The van der Waals surface area contributed by atoms with Crippen molar-refractivity contribution in [3.05, 3.63) is 24.3 Å². The summed E-state index contributed by atoms with van der Waals surface area (Å²) in [6.07, 6.45) is 79.5. The fraction of sp³-hybridized carbons (Fsp3) is 0.912. The van der Waals surface area contributed by atoms with Crippen LogP contribution in [-0.4, -0.2) is 47.4 Å². The van der Waals surface area contributed by atoms with Crippen molar-refractivity contribution < 1.29 is 24.5 Å². The highest BCUT2D eigenvalue weighted by atomic mass is 16.5. The smallest absolute Gasteiger partial charge is 0.305 e. The Morgan fingerprint density at radius 2 is 0.635 bits per heavy atom. The Labute approximate surface area is 462 Å². The zero-order chi connectivity index (χ0) is 53.6. The second-order valence-electron chi connectivity index (χ2n) is 23.1. The Bertz CT molecular complexity index is 1150. The Hall–Kier alpha value is -1.66. The molecule has 0 aliphatic carbocycles. The molecule has 0 bridgehead atoms. The summed E-state index contributed by atoms with van der Waals surface area (Å²) in [6, 6.07) is -0.536. The maximum Gasteiger partial charge on any atom is 0.305 e. The molecular weight excluding hydrogens is 911 g/mol. The molecule has 0 saturated heterocycles. The molecule has 0 aliphatic rings. The molecule has 2 atom stereocenters. The molecule has 0 aromatic carbocycles. The summed E-state index contributed by atoms with van der Waals surface area (Å²) in [7, 11) is 0. The number of ether oxygens (including phenoxy) is 1. The molecule has 2 unspecified atom stereocenters. The van der Waals surface area contributed by atoms with Crippen LogP contribution in [0.25, 0.3) is 0 Å². The van der Waals surface area contributed by atoms with Gasteiger partial charge in [-0.1, -0.05) is 308 Å². The Morgan fingerprint density at radius 3 is 0.959 bits per heavy atom. The number of aliphatic hydroxyl groups excluding tert-OH is 2. The molecule has 0 aromatic heterocycles. The van der Waals surface area contributed by atoms with Crippen molar-refractivity contribution in [2.24, 2.45) is 0 Å². The first-order valence-corrected chi connectivity index (χ1v) is 33.6. The highest BCUT2D eigenvalue weighted by Gasteiger charge is 2.20. The van der Waals surface area contributed by atoms with E-state index in [1.807, 2.05) is 0 Å². The van der Waals surface area contributed by atoms with Crippen LogP contribution in [-0.2, 0) is 14.3 Å². The van der Waals surface area contributed by atoms with Crippen molar-refractivity contribution in [1.82, 2.24) is 5.32 Å². The van der Waals surface area contributed by atoms with Gasteiger partial charge < -0.3 is 20.3 Å². The van der Waals surface area contributed by atoms with Gasteiger partial charge in [-0.3, -0.25) is 9.59 Å². The van der Waals surface area contributed by atoms with Gasteiger partial charge in [0, 0.05) is 12.8 Å². The van der Waals surface area contributed by atoms with Gasteiger partial charge in [-0.25, -0.2) is 0 Å². The Balaban J connectivity index is 3.31. The van der Waals surface area contributed by atoms with E-state index in [-0.39, 0.29) is 18.5 Å². The van der Waals surface area contributed by atoms with Gasteiger partial charge in [0.25, 0.3) is 0 Å². The van der Waals surface area contributed by atoms with Crippen LogP contribution in [0.15, 0.2) is 24.3 Å². The Morgan fingerprint density at radius 1 is 0.365 bits per heavy atom. The zero-order valence-corrected chi connectivity index (χ0v) is 50.1. The van der Waals surface area contributed by atoms with E-state index >= 15 is 0 Å². The lowest BCUT2D eigenvalue weighted by Crippen LogP contribution is -2.45. The number of rotatable bonds is 63. The lowest BCUT2D eigenvalue weighted by atomic mass is 10.0. The van der Waals surface area contributed by atoms with Crippen LogP contribution in [0.1, 0.15) is 373 Å². The Kier molecular flexibility index (Phi) is 62.4. The van der Waals surface area contributed by atoms with E-state index in [4.69, 9.17) is 4.74 Å². The summed E-state index contributed by atoms with van der Waals surface area (Å²) in [5.74, 6) is -0.0218. The maximum absolute atomic E-state index is 12.4. The van der Waals surface area contributed by atoms with E-state index in [0.29, 0.717) is 25.9 Å². The molecule has 6 nitrogen and oxygen atoms in total. The van der Waals surface area contributed by atoms with Crippen molar-refractivity contribution >= 4 is 11.9 Å². The number of amides is 1. The summed E-state index contributed by atoms with van der Waals surface area (Å²) >= 11 is 0. The van der Waals surface area contributed by atoms with Gasteiger partial charge in [0.1, 0.15) is 0 Å². The molecule has 0 radical (unpaired) electrons. The van der Waals surface area contributed by atoms with Gasteiger partial charge in [0.2, 0.25) is 5.91 Å². The van der Waals surface area contributed by atoms with Crippen LogP contribution in [0.3, 0.4) is 0 Å². The van der Waals surface area contributed by atoms with Crippen molar-refractivity contribution in [3.8, 4) is 0 Å². The van der Waals surface area contributed by atoms with E-state index in [1.54, 1.807) is 0 Å². The molecule has 0 fully saturated rings. The highest BCUT2D eigenvalue weighted by molar-refractivity contribution is 5.76. The SMILES string of the molecule is CCCCCCCC/C=C\CCCCCCCC(=O)OCCCCCCCCCCCCCC/C=C\CCCCCCCCCCCCCCCCCCCC(=O)NC(CO)C(O)CCCCCCCCCCC. The van der Waals surface area contributed by atoms with Gasteiger partial charge in [0.15, 0.2) is 0 Å². The van der Waals surface area contributed by atoms with E-state index in [9.17, 15) is 19.8 Å². The zero-order valence-electron chi connectivity index (χ0n) is 50.1. The lowest BCUT2D eigenvalue weighted by molar-refractivity contribution is -0.143. The van der Waals surface area contributed by atoms with Crippen molar-refractivity contribution in [3.63, 3.8) is 0 Å². The predicted molar refractivity (Wildman–Crippen MR) is 324 cm³/mol. The van der Waals surface area contributed by atoms with Crippen LogP contribution in [0.5, 0.6) is 0 Å². The van der Waals surface area contributed by atoms with Gasteiger partial charge in [0.05, 0.1) is 25.4 Å².